The maximum atomic E-state index is 9.36. The molecule has 0 N–H and O–H groups in total. The van der Waals surface area contributed by atoms with Crippen LogP contribution in [0.4, 0.5) is 0 Å². The molecule has 0 aliphatic heterocycles. The quantitative estimate of drug-likeness (QED) is 0.187. The summed E-state index contributed by atoms with van der Waals surface area (Å²) in [7, 11) is 0. The van der Waals surface area contributed by atoms with Crippen molar-refractivity contribution in [2.75, 3.05) is 0 Å². The minimum Gasteiger partial charge on any atom is -0.456 e. The monoisotopic (exact) mass is 669 g/mol. The predicted molar refractivity (Wildman–Crippen MR) is 207 cm³/mol. The van der Waals surface area contributed by atoms with Gasteiger partial charge in [-0.15, -0.1) is 0 Å². The number of nitrogens with zero attached hydrogens (tertiary/aromatic N) is 3. The molecule has 0 unspecified atom stereocenters. The van der Waals surface area contributed by atoms with E-state index >= 15 is 0 Å². The Hall–Kier alpha value is -6.51. The Balaban J connectivity index is 1.07. The molecule has 3 heterocycles. The van der Waals surface area contributed by atoms with Crippen molar-refractivity contribution in [3.63, 3.8) is 0 Å². The minimum absolute atomic E-state index is 0.0641. The third kappa shape index (κ3) is 4.15. The van der Waals surface area contributed by atoms with Crippen LogP contribution >= 0.6 is 0 Å². The van der Waals surface area contributed by atoms with Crippen LogP contribution in [0.1, 0.15) is 48.8 Å². The number of hydrogen-bond donors (Lipinski definition) is 0. The first kappa shape index (κ1) is 29.2. The second-order valence-corrected chi connectivity index (χ2v) is 14.3. The third-order valence-electron chi connectivity index (χ3n) is 11.5. The number of nitriles is 1. The summed E-state index contributed by atoms with van der Waals surface area (Å²) in [5, 5.41) is 12.4. The number of aromatic nitrogens is 2. The highest BCUT2D eigenvalue weighted by molar-refractivity contribution is 6.10. The SMILES string of the molecule is N#Cc1ccc(-c2nc(-c3ccc4oc5cc(-c6cccc7c6C6(CCCCC6)c6ccccc6-7)ccc5c4c3)c3oc4ccccc4c3n2)cc1. The summed E-state index contributed by atoms with van der Waals surface area (Å²) in [5.74, 6) is 0.577. The molecule has 0 bridgehead atoms. The molecule has 52 heavy (non-hydrogen) atoms. The lowest BCUT2D eigenvalue weighted by molar-refractivity contribution is 0.353. The molecular formula is C47H31N3O2. The van der Waals surface area contributed by atoms with E-state index in [-0.39, 0.29) is 5.41 Å². The molecule has 11 rings (SSSR count). The first-order valence-corrected chi connectivity index (χ1v) is 18.1. The molecule has 0 saturated heterocycles. The van der Waals surface area contributed by atoms with Gasteiger partial charge in [0, 0.05) is 32.7 Å². The largest absolute Gasteiger partial charge is 0.456 e. The van der Waals surface area contributed by atoms with Crippen LogP contribution in [-0.2, 0) is 5.41 Å². The van der Waals surface area contributed by atoms with Gasteiger partial charge in [-0.25, -0.2) is 9.97 Å². The molecule has 3 aromatic heterocycles. The van der Waals surface area contributed by atoms with Crippen molar-refractivity contribution in [3.05, 3.63) is 144 Å². The molecule has 5 nitrogen and oxygen atoms in total. The minimum atomic E-state index is 0.0641. The lowest BCUT2D eigenvalue weighted by Crippen LogP contribution is -2.28. The van der Waals surface area contributed by atoms with Crippen molar-refractivity contribution >= 4 is 44.0 Å². The summed E-state index contributed by atoms with van der Waals surface area (Å²) in [5.41, 5.74) is 15.2. The van der Waals surface area contributed by atoms with Gasteiger partial charge in [-0.3, -0.25) is 0 Å². The molecule has 1 fully saturated rings. The smallest absolute Gasteiger partial charge is 0.180 e. The van der Waals surface area contributed by atoms with Gasteiger partial charge in [-0.1, -0.05) is 79.9 Å². The summed E-state index contributed by atoms with van der Waals surface area (Å²) < 4.78 is 13.0. The van der Waals surface area contributed by atoms with Gasteiger partial charge in [0.1, 0.15) is 28.0 Å². The first-order chi connectivity index (χ1) is 25.7. The second kappa shape index (κ2) is 11.0. The molecule has 0 atom stereocenters. The predicted octanol–water partition coefficient (Wildman–Crippen LogP) is 12.4. The van der Waals surface area contributed by atoms with Crippen LogP contribution < -0.4 is 0 Å². The van der Waals surface area contributed by atoms with Crippen LogP contribution in [0.2, 0.25) is 0 Å². The summed E-state index contributed by atoms with van der Waals surface area (Å²) in [4.78, 5) is 10.1. The van der Waals surface area contributed by atoms with E-state index in [2.05, 4.69) is 78.9 Å². The summed E-state index contributed by atoms with van der Waals surface area (Å²) in [6, 6.07) is 46.4. The summed E-state index contributed by atoms with van der Waals surface area (Å²) in [6.45, 7) is 0. The van der Waals surface area contributed by atoms with E-state index in [1.165, 1.54) is 65.5 Å². The van der Waals surface area contributed by atoms with Crippen molar-refractivity contribution in [3.8, 4) is 51.0 Å². The summed E-state index contributed by atoms with van der Waals surface area (Å²) in [6.07, 6.45) is 6.21. The number of furan rings is 2. The van der Waals surface area contributed by atoms with E-state index < -0.39 is 0 Å². The van der Waals surface area contributed by atoms with Crippen molar-refractivity contribution in [1.29, 1.82) is 5.26 Å². The zero-order valence-corrected chi connectivity index (χ0v) is 28.3. The van der Waals surface area contributed by atoms with Crippen LogP contribution in [0, 0.1) is 11.3 Å². The maximum absolute atomic E-state index is 9.36. The van der Waals surface area contributed by atoms with Gasteiger partial charge in [0.15, 0.2) is 11.4 Å². The maximum Gasteiger partial charge on any atom is 0.180 e. The van der Waals surface area contributed by atoms with Gasteiger partial charge in [-0.05, 0) is 113 Å². The Morgan fingerprint density at radius 3 is 2.19 bits per heavy atom. The fraction of sp³-hybridized carbons (Fsp3) is 0.128. The lowest BCUT2D eigenvalue weighted by Gasteiger charge is -2.37. The normalized spacial score (nSPS) is 14.7. The van der Waals surface area contributed by atoms with E-state index in [1.54, 1.807) is 12.1 Å². The number of hydrogen-bond acceptors (Lipinski definition) is 5. The standard InChI is InChI=1S/C47H31N3O2/c48-27-28-15-17-29(18-16-28)46-49-43(45-44(50-46)36-10-3-5-14-39(36)52-45)31-20-22-40-37(25-31)34-21-19-30(26-41(34)51-40)32-11-8-12-35-33-9-2-4-13-38(33)47(42(32)35)23-6-1-7-24-47/h2-5,8-22,25-26H,1,6-7,23-24H2. The average Bonchev–Trinajstić information content (AvgIpc) is 3.86. The van der Waals surface area contributed by atoms with Crippen molar-refractivity contribution in [2.45, 2.75) is 37.5 Å². The van der Waals surface area contributed by atoms with E-state index in [0.29, 0.717) is 22.7 Å². The molecule has 1 spiro atoms. The Kier molecular flexibility index (Phi) is 6.18. The van der Waals surface area contributed by atoms with Crippen LogP contribution in [0.5, 0.6) is 0 Å². The number of fused-ring (bicyclic) bond motifs is 11. The van der Waals surface area contributed by atoms with Crippen LogP contribution in [0.3, 0.4) is 0 Å². The molecule has 2 aliphatic rings. The first-order valence-electron chi connectivity index (χ1n) is 18.1. The van der Waals surface area contributed by atoms with E-state index in [1.807, 2.05) is 42.5 Å². The molecule has 1 saturated carbocycles. The van der Waals surface area contributed by atoms with Gasteiger partial charge in [-0.2, -0.15) is 5.26 Å². The van der Waals surface area contributed by atoms with Crippen LogP contribution in [0.15, 0.2) is 136 Å². The highest BCUT2D eigenvalue weighted by Crippen LogP contribution is 2.58. The van der Waals surface area contributed by atoms with E-state index in [4.69, 9.17) is 18.8 Å². The molecule has 246 valence electrons. The average molecular weight is 670 g/mol. The fourth-order valence-electron chi connectivity index (χ4n) is 9.18. The fourth-order valence-corrected chi connectivity index (χ4v) is 9.18. The zero-order valence-electron chi connectivity index (χ0n) is 28.3. The Morgan fingerprint density at radius 2 is 1.31 bits per heavy atom. The second-order valence-electron chi connectivity index (χ2n) is 14.3. The Morgan fingerprint density at radius 1 is 0.558 bits per heavy atom. The molecule has 0 amide bonds. The van der Waals surface area contributed by atoms with Crippen LogP contribution in [-0.4, -0.2) is 9.97 Å². The van der Waals surface area contributed by atoms with Crippen molar-refractivity contribution < 1.29 is 8.83 Å². The van der Waals surface area contributed by atoms with E-state index in [9.17, 15) is 5.26 Å². The molecule has 9 aromatic rings. The van der Waals surface area contributed by atoms with Gasteiger partial charge in [0.05, 0.1) is 11.6 Å². The lowest BCUT2D eigenvalue weighted by atomic mass is 9.66. The van der Waals surface area contributed by atoms with Gasteiger partial charge in [0.25, 0.3) is 0 Å². The Bertz CT molecular complexity index is 2950. The molecule has 0 radical (unpaired) electrons. The van der Waals surface area contributed by atoms with Crippen molar-refractivity contribution in [1.82, 2.24) is 9.97 Å². The van der Waals surface area contributed by atoms with Crippen LogP contribution in [0.25, 0.3) is 88.9 Å². The van der Waals surface area contributed by atoms with Gasteiger partial charge >= 0.3 is 0 Å². The topological polar surface area (TPSA) is 75.8 Å². The number of rotatable bonds is 3. The Labute approximate surface area is 299 Å². The highest BCUT2D eigenvalue weighted by Gasteiger charge is 2.45. The molecular weight excluding hydrogens is 639 g/mol. The van der Waals surface area contributed by atoms with E-state index in [0.717, 1.165) is 49.6 Å². The van der Waals surface area contributed by atoms with Gasteiger partial charge in [0.2, 0.25) is 0 Å². The number of para-hydroxylation sites is 1. The molecule has 2 aliphatic carbocycles. The highest BCUT2D eigenvalue weighted by atomic mass is 16.3. The van der Waals surface area contributed by atoms with Crippen molar-refractivity contribution in [2.24, 2.45) is 0 Å². The zero-order chi connectivity index (χ0) is 34.4. The molecule has 5 heteroatoms. The molecule has 6 aromatic carbocycles. The number of benzene rings is 6. The third-order valence-corrected chi connectivity index (χ3v) is 11.5. The summed E-state index contributed by atoms with van der Waals surface area (Å²) >= 11 is 0. The van der Waals surface area contributed by atoms with Gasteiger partial charge < -0.3 is 8.83 Å².